The van der Waals surface area contributed by atoms with E-state index in [4.69, 9.17) is 9.47 Å². The number of hydrogen-bond acceptors (Lipinski definition) is 5. The molecule has 7 rings (SSSR count). The van der Waals surface area contributed by atoms with Gasteiger partial charge in [0.15, 0.2) is 0 Å². The summed E-state index contributed by atoms with van der Waals surface area (Å²) in [6.07, 6.45) is 0.179. The van der Waals surface area contributed by atoms with E-state index in [-0.39, 0.29) is 12.5 Å². The molecule has 0 radical (unpaired) electrons. The van der Waals surface area contributed by atoms with Gasteiger partial charge in [-0.25, -0.2) is 0 Å². The molecule has 7 nitrogen and oxygen atoms in total. The number of rotatable bonds is 5. The predicted molar refractivity (Wildman–Crippen MR) is 134 cm³/mol. The molecular weight excluding hydrogens is 442 g/mol. The summed E-state index contributed by atoms with van der Waals surface area (Å²) in [6.45, 7) is 4.49. The normalized spacial score (nSPS) is 17.9. The molecule has 1 unspecified atom stereocenters. The third kappa shape index (κ3) is 3.34. The van der Waals surface area contributed by atoms with E-state index in [0.717, 1.165) is 74.9 Å². The molecule has 3 heterocycles. The Morgan fingerprint density at radius 2 is 1.94 bits per heavy atom. The number of nitrogens with one attached hydrogen (secondary N) is 2. The molecule has 1 aromatic heterocycles. The summed E-state index contributed by atoms with van der Waals surface area (Å²) >= 11 is 0. The maximum atomic E-state index is 13.0. The zero-order valence-corrected chi connectivity index (χ0v) is 19.4. The van der Waals surface area contributed by atoms with Gasteiger partial charge >= 0.3 is 0 Å². The smallest absolute Gasteiger partial charge is 0.252 e. The van der Waals surface area contributed by atoms with Crippen molar-refractivity contribution in [3.05, 3.63) is 64.7 Å². The van der Waals surface area contributed by atoms with Crippen LogP contribution in [0.5, 0.6) is 5.75 Å². The van der Waals surface area contributed by atoms with Gasteiger partial charge in [0.05, 0.1) is 24.3 Å². The molecule has 0 spiro atoms. The largest absolute Gasteiger partial charge is 0.491 e. The number of nitrogens with zero attached hydrogens (tertiary/aromatic N) is 1. The minimum Gasteiger partial charge on any atom is -0.491 e. The second-order valence-electron chi connectivity index (χ2n) is 9.68. The summed E-state index contributed by atoms with van der Waals surface area (Å²) in [5, 5.41) is 15.8. The lowest BCUT2D eigenvalue weighted by Gasteiger charge is -2.28. The second kappa shape index (κ2) is 8.09. The third-order valence-corrected chi connectivity index (χ3v) is 7.54. The van der Waals surface area contributed by atoms with Gasteiger partial charge in [-0.2, -0.15) is 0 Å². The molecule has 178 valence electrons. The van der Waals surface area contributed by atoms with Gasteiger partial charge in [0.2, 0.25) is 0 Å². The van der Waals surface area contributed by atoms with Crippen LogP contribution in [0.2, 0.25) is 0 Å². The number of H-pyrrole nitrogens is 1. The summed E-state index contributed by atoms with van der Waals surface area (Å²) in [7, 11) is 0. The van der Waals surface area contributed by atoms with E-state index >= 15 is 0 Å². The fourth-order valence-electron chi connectivity index (χ4n) is 5.96. The Morgan fingerprint density at radius 3 is 2.83 bits per heavy atom. The van der Waals surface area contributed by atoms with Crippen LogP contribution in [0.15, 0.2) is 42.5 Å². The van der Waals surface area contributed by atoms with Gasteiger partial charge in [-0.1, -0.05) is 24.3 Å². The molecule has 1 saturated heterocycles. The van der Waals surface area contributed by atoms with Crippen LogP contribution in [0.4, 0.5) is 0 Å². The molecule has 3 N–H and O–H groups in total. The predicted octanol–water partition coefficient (Wildman–Crippen LogP) is 3.21. The first kappa shape index (κ1) is 20.9. The molecular formula is C28H27N3O4. The number of aliphatic hydroxyl groups is 1. The number of morpholine rings is 1. The van der Waals surface area contributed by atoms with Gasteiger partial charge in [0.1, 0.15) is 18.5 Å². The number of aromatic amines is 1. The van der Waals surface area contributed by atoms with E-state index in [1.807, 2.05) is 18.2 Å². The summed E-state index contributed by atoms with van der Waals surface area (Å²) in [4.78, 5) is 18.8. The van der Waals surface area contributed by atoms with Crippen molar-refractivity contribution in [1.82, 2.24) is 15.2 Å². The average Bonchev–Trinajstić information content (AvgIpc) is 3.56. The maximum Gasteiger partial charge on any atom is 0.252 e. The number of fused-ring (bicyclic) bond motifs is 10. The number of amides is 1. The van der Waals surface area contributed by atoms with E-state index in [1.165, 1.54) is 5.56 Å². The Hall–Kier alpha value is -3.39. The van der Waals surface area contributed by atoms with Crippen LogP contribution in [-0.4, -0.2) is 66.5 Å². The van der Waals surface area contributed by atoms with Gasteiger partial charge in [-0.05, 0) is 40.5 Å². The van der Waals surface area contributed by atoms with Crippen LogP contribution in [-0.2, 0) is 17.7 Å². The molecule has 1 amide bonds. The standard InChI is InChI=1S/C28H27N3O4/c32-17(14-31-7-9-34-10-8-31)15-35-18-5-6-19-16(11-18)12-21-24(19)26-22(13-29-28(26)33)25-20-3-1-2-4-23(20)30-27(21)25/h1-6,11,17,30,32H,7-10,12-15H2,(H,29,33). The molecule has 1 aliphatic carbocycles. The van der Waals surface area contributed by atoms with Gasteiger partial charge < -0.3 is 24.9 Å². The number of carbonyl (C=O) groups is 1. The highest BCUT2D eigenvalue weighted by Gasteiger charge is 2.34. The highest BCUT2D eigenvalue weighted by atomic mass is 16.5. The van der Waals surface area contributed by atoms with Gasteiger partial charge in [0, 0.05) is 54.5 Å². The van der Waals surface area contributed by atoms with Crippen molar-refractivity contribution in [3.8, 4) is 16.9 Å². The zero-order chi connectivity index (χ0) is 23.5. The van der Waals surface area contributed by atoms with Crippen LogP contribution >= 0.6 is 0 Å². The second-order valence-corrected chi connectivity index (χ2v) is 9.68. The Balaban J connectivity index is 1.22. The van der Waals surface area contributed by atoms with E-state index < -0.39 is 6.10 Å². The molecule has 3 aromatic carbocycles. The number of hydrogen-bond donors (Lipinski definition) is 3. The Morgan fingerprint density at radius 1 is 1.09 bits per heavy atom. The lowest BCUT2D eigenvalue weighted by molar-refractivity contribution is 0.00465. The van der Waals surface area contributed by atoms with E-state index in [1.54, 1.807) is 0 Å². The van der Waals surface area contributed by atoms with Crippen LogP contribution < -0.4 is 10.1 Å². The van der Waals surface area contributed by atoms with Crippen LogP contribution in [0.25, 0.3) is 32.9 Å². The van der Waals surface area contributed by atoms with Crippen molar-refractivity contribution in [1.29, 1.82) is 0 Å². The molecule has 0 bridgehead atoms. The van der Waals surface area contributed by atoms with Gasteiger partial charge in [-0.15, -0.1) is 0 Å². The van der Waals surface area contributed by atoms with Crippen molar-refractivity contribution in [3.63, 3.8) is 0 Å². The quantitative estimate of drug-likeness (QED) is 0.368. The number of β-amino-alcohol motifs (C(OH)–C–C–N with tert-alkyl or cyclic N) is 1. The summed E-state index contributed by atoms with van der Waals surface area (Å²) in [5.41, 5.74) is 8.56. The van der Waals surface area contributed by atoms with Crippen LogP contribution in [0.3, 0.4) is 0 Å². The zero-order valence-electron chi connectivity index (χ0n) is 19.4. The SMILES string of the molecule is O=C1NCc2c1c1c(c3[nH]c4ccccc4c23)Cc2cc(OCC(O)CN3CCOCC3)ccc2-1. The number of aliphatic hydroxyl groups excluding tert-OH is 1. The van der Waals surface area contributed by atoms with Crippen LogP contribution in [0, 0.1) is 0 Å². The maximum absolute atomic E-state index is 13.0. The fourth-order valence-corrected chi connectivity index (χ4v) is 5.96. The van der Waals surface area contributed by atoms with E-state index in [0.29, 0.717) is 26.3 Å². The summed E-state index contributed by atoms with van der Waals surface area (Å²) < 4.78 is 11.4. The molecule has 1 atom stereocenters. The van der Waals surface area contributed by atoms with E-state index in [2.05, 4.69) is 39.5 Å². The fraction of sp³-hybridized carbons (Fsp3) is 0.321. The Bertz CT molecular complexity index is 1490. The van der Waals surface area contributed by atoms with Crippen molar-refractivity contribution in [2.24, 2.45) is 0 Å². The van der Waals surface area contributed by atoms with Gasteiger partial charge in [0.25, 0.3) is 5.91 Å². The average molecular weight is 470 g/mol. The van der Waals surface area contributed by atoms with Crippen molar-refractivity contribution >= 4 is 27.7 Å². The monoisotopic (exact) mass is 469 g/mol. The summed E-state index contributed by atoms with van der Waals surface area (Å²) in [6, 6.07) is 14.4. The molecule has 0 saturated carbocycles. The number of carbonyl (C=O) groups excluding carboxylic acids is 1. The van der Waals surface area contributed by atoms with Gasteiger partial charge in [-0.3, -0.25) is 9.69 Å². The first-order valence-electron chi connectivity index (χ1n) is 12.3. The molecule has 2 aliphatic heterocycles. The molecule has 3 aliphatic rings. The summed E-state index contributed by atoms with van der Waals surface area (Å²) in [5.74, 6) is 0.745. The van der Waals surface area contributed by atoms with Crippen molar-refractivity contribution in [2.75, 3.05) is 39.5 Å². The van der Waals surface area contributed by atoms with Crippen LogP contribution in [0.1, 0.15) is 27.0 Å². The topological polar surface area (TPSA) is 86.8 Å². The van der Waals surface area contributed by atoms with Crippen molar-refractivity contribution in [2.45, 2.75) is 19.1 Å². The minimum absolute atomic E-state index is 0.00263. The van der Waals surface area contributed by atoms with Crippen molar-refractivity contribution < 1.29 is 19.4 Å². The lowest BCUT2D eigenvalue weighted by atomic mass is 9.92. The molecule has 35 heavy (non-hydrogen) atoms. The first-order valence-corrected chi connectivity index (χ1v) is 12.3. The molecule has 4 aromatic rings. The third-order valence-electron chi connectivity index (χ3n) is 7.54. The lowest BCUT2D eigenvalue weighted by Crippen LogP contribution is -2.42. The first-order chi connectivity index (χ1) is 17.2. The molecule has 1 fully saturated rings. The number of aromatic nitrogens is 1. The molecule has 7 heteroatoms. The Labute approximate surface area is 202 Å². The Kier molecular flexibility index (Phi) is 4.84. The minimum atomic E-state index is -0.559. The van der Waals surface area contributed by atoms with E-state index in [9.17, 15) is 9.90 Å². The number of benzene rings is 3. The number of para-hydroxylation sites is 1. The highest BCUT2D eigenvalue weighted by Crippen LogP contribution is 2.48. The highest BCUT2D eigenvalue weighted by molar-refractivity contribution is 6.19. The number of ether oxygens (including phenoxy) is 2.